The number of amides is 1. The van der Waals surface area contributed by atoms with E-state index in [1.807, 2.05) is 6.92 Å². The van der Waals surface area contributed by atoms with Crippen LogP contribution in [-0.2, 0) is 10.0 Å². The highest BCUT2D eigenvalue weighted by atomic mass is 32.2. The first kappa shape index (κ1) is 21.8. The van der Waals surface area contributed by atoms with E-state index in [0.717, 1.165) is 12.8 Å². The van der Waals surface area contributed by atoms with Crippen LogP contribution in [0.5, 0.6) is 0 Å². The molecule has 0 heterocycles. The number of nitrogens with zero attached hydrogens (tertiary/aromatic N) is 1. The summed E-state index contributed by atoms with van der Waals surface area (Å²) in [5, 5.41) is 13.0. The zero-order valence-electron chi connectivity index (χ0n) is 15.9. The molecule has 2 atom stereocenters. The summed E-state index contributed by atoms with van der Waals surface area (Å²) in [5.74, 6) is -0.396. The number of allylic oxidation sites excluding steroid dienone is 5. The summed E-state index contributed by atoms with van der Waals surface area (Å²) >= 11 is 0. The fraction of sp³-hybridized carbons (Fsp3) is 0.286. The Hall–Kier alpha value is -2.48. The van der Waals surface area contributed by atoms with Gasteiger partial charge in [0, 0.05) is 11.3 Å². The standard InChI is InChI=1S/C21H26N2O4S/c1-4-6-12-18(9-5-2)22-21(24)17-11-8-13-19(15-17)28(26,27)23(25)20-14-7-10-16(20)3/h4-6,8-9,11-13,15-16,20,25H,1-2,7,10,14H2,3H3,(H,22,24)/b12-6-,18-9+. The van der Waals surface area contributed by atoms with Crippen molar-refractivity contribution < 1.29 is 18.4 Å². The number of carbonyl (C=O) groups is 1. The predicted molar refractivity (Wildman–Crippen MR) is 109 cm³/mol. The molecule has 0 radical (unpaired) electrons. The van der Waals surface area contributed by atoms with Crippen LogP contribution >= 0.6 is 0 Å². The monoisotopic (exact) mass is 402 g/mol. The Kier molecular flexibility index (Phi) is 7.51. The summed E-state index contributed by atoms with van der Waals surface area (Å²) in [4.78, 5) is 12.4. The third kappa shape index (κ3) is 5.07. The maximum atomic E-state index is 12.8. The molecule has 0 saturated heterocycles. The van der Waals surface area contributed by atoms with Crippen molar-refractivity contribution in [2.24, 2.45) is 5.92 Å². The Labute approximate surface area is 166 Å². The molecule has 2 unspecified atom stereocenters. The normalized spacial score (nSPS) is 20.5. The highest BCUT2D eigenvalue weighted by Crippen LogP contribution is 2.31. The molecule has 1 saturated carbocycles. The summed E-state index contributed by atoms with van der Waals surface area (Å²) in [6.07, 6.45) is 10.4. The molecule has 1 aromatic rings. The topological polar surface area (TPSA) is 86.7 Å². The molecule has 0 aromatic heterocycles. The predicted octanol–water partition coefficient (Wildman–Crippen LogP) is 3.80. The van der Waals surface area contributed by atoms with Crippen molar-refractivity contribution in [3.63, 3.8) is 0 Å². The van der Waals surface area contributed by atoms with Gasteiger partial charge >= 0.3 is 0 Å². The number of hydrogen-bond acceptors (Lipinski definition) is 4. The van der Waals surface area contributed by atoms with E-state index in [0.29, 0.717) is 16.6 Å². The van der Waals surface area contributed by atoms with Gasteiger partial charge in [-0.15, -0.1) is 0 Å². The van der Waals surface area contributed by atoms with Crippen LogP contribution in [0.15, 0.2) is 78.4 Å². The van der Waals surface area contributed by atoms with E-state index in [9.17, 15) is 18.4 Å². The first-order chi connectivity index (χ1) is 13.3. The van der Waals surface area contributed by atoms with Gasteiger partial charge in [0.05, 0.1) is 10.9 Å². The molecule has 1 aliphatic carbocycles. The maximum Gasteiger partial charge on any atom is 0.265 e. The summed E-state index contributed by atoms with van der Waals surface area (Å²) < 4.78 is 26.1. The van der Waals surface area contributed by atoms with Crippen LogP contribution in [0.25, 0.3) is 0 Å². The molecule has 2 rings (SSSR count). The van der Waals surface area contributed by atoms with Gasteiger partial charge in [-0.2, -0.15) is 0 Å². The van der Waals surface area contributed by atoms with E-state index >= 15 is 0 Å². The molecule has 28 heavy (non-hydrogen) atoms. The van der Waals surface area contributed by atoms with Crippen LogP contribution < -0.4 is 5.32 Å². The molecule has 7 heteroatoms. The second-order valence-electron chi connectivity index (χ2n) is 6.69. The van der Waals surface area contributed by atoms with E-state index in [4.69, 9.17) is 0 Å². The highest BCUT2D eigenvalue weighted by Gasteiger charge is 2.36. The van der Waals surface area contributed by atoms with Crippen molar-refractivity contribution in [2.45, 2.75) is 37.1 Å². The van der Waals surface area contributed by atoms with Crippen LogP contribution in [0.2, 0.25) is 0 Å². The summed E-state index contributed by atoms with van der Waals surface area (Å²) in [6, 6.07) is 5.17. The second kappa shape index (κ2) is 9.64. The molecular formula is C21H26N2O4S. The van der Waals surface area contributed by atoms with Crippen molar-refractivity contribution in [1.29, 1.82) is 0 Å². The number of rotatable bonds is 8. The number of hydrogen-bond donors (Lipinski definition) is 2. The molecule has 1 aromatic carbocycles. The van der Waals surface area contributed by atoms with E-state index < -0.39 is 22.0 Å². The number of carbonyl (C=O) groups excluding carboxylic acids is 1. The van der Waals surface area contributed by atoms with Crippen molar-refractivity contribution in [1.82, 2.24) is 9.79 Å². The van der Waals surface area contributed by atoms with Gasteiger partial charge in [-0.25, -0.2) is 8.42 Å². The van der Waals surface area contributed by atoms with Gasteiger partial charge in [0.2, 0.25) is 0 Å². The van der Waals surface area contributed by atoms with Crippen molar-refractivity contribution >= 4 is 15.9 Å². The first-order valence-electron chi connectivity index (χ1n) is 9.07. The third-order valence-corrected chi connectivity index (χ3v) is 6.32. The fourth-order valence-electron chi connectivity index (χ4n) is 3.18. The van der Waals surface area contributed by atoms with E-state index in [2.05, 4.69) is 18.5 Å². The average Bonchev–Trinajstić information content (AvgIpc) is 3.11. The van der Waals surface area contributed by atoms with Crippen LogP contribution in [0.1, 0.15) is 36.5 Å². The second-order valence-corrected chi connectivity index (χ2v) is 8.48. The van der Waals surface area contributed by atoms with Gasteiger partial charge in [0.25, 0.3) is 15.9 Å². The molecule has 1 fully saturated rings. The minimum absolute atomic E-state index is 0.0782. The Bertz CT molecular complexity index is 903. The molecule has 1 amide bonds. The minimum atomic E-state index is -4.11. The van der Waals surface area contributed by atoms with Gasteiger partial charge in [0.15, 0.2) is 0 Å². The first-order valence-corrected chi connectivity index (χ1v) is 10.5. The van der Waals surface area contributed by atoms with Crippen molar-refractivity contribution in [3.05, 3.63) is 79.1 Å². The SMILES string of the molecule is C=C/C=C\C(=C/C=C)NC(=O)c1cccc(S(=O)(=O)N(O)C2CCCC2C)c1. The largest absolute Gasteiger partial charge is 0.322 e. The molecule has 150 valence electrons. The van der Waals surface area contributed by atoms with Crippen molar-refractivity contribution in [2.75, 3.05) is 0 Å². The van der Waals surface area contributed by atoms with Gasteiger partial charge in [0.1, 0.15) is 0 Å². The summed E-state index contributed by atoms with van der Waals surface area (Å²) in [5.41, 5.74) is 0.646. The average molecular weight is 403 g/mol. The maximum absolute atomic E-state index is 12.8. The van der Waals surface area contributed by atoms with Crippen LogP contribution in [0, 0.1) is 5.92 Å². The molecule has 1 aliphatic rings. The van der Waals surface area contributed by atoms with E-state index in [-0.39, 0.29) is 16.4 Å². The number of benzene rings is 1. The lowest BCUT2D eigenvalue weighted by atomic mass is 10.1. The fourth-order valence-corrected chi connectivity index (χ4v) is 4.59. The lowest BCUT2D eigenvalue weighted by molar-refractivity contribution is -0.0455. The summed E-state index contributed by atoms with van der Waals surface area (Å²) in [7, 11) is -4.11. The van der Waals surface area contributed by atoms with Crippen molar-refractivity contribution in [3.8, 4) is 0 Å². The van der Waals surface area contributed by atoms with Crippen LogP contribution in [0.3, 0.4) is 0 Å². The Morgan fingerprint density at radius 1 is 1.29 bits per heavy atom. The molecule has 0 aliphatic heterocycles. The Morgan fingerprint density at radius 3 is 2.64 bits per heavy atom. The lowest BCUT2D eigenvalue weighted by Crippen LogP contribution is -2.39. The molecule has 6 nitrogen and oxygen atoms in total. The quantitative estimate of drug-likeness (QED) is 0.511. The highest BCUT2D eigenvalue weighted by molar-refractivity contribution is 7.89. The zero-order valence-corrected chi connectivity index (χ0v) is 16.7. The Morgan fingerprint density at radius 2 is 2.04 bits per heavy atom. The van der Waals surface area contributed by atoms with Gasteiger partial charge < -0.3 is 5.32 Å². The molecule has 0 spiro atoms. The number of sulfonamides is 1. The van der Waals surface area contributed by atoms with Gasteiger partial charge in [-0.1, -0.05) is 55.3 Å². The zero-order chi connectivity index (χ0) is 20.7. The smallest absolute Gasteiger partial charge is 0.265 e. The van der Waals surface area contributed by atoms with Gasteiger partial charge in [-0.05, 0) is 49.1 Å². The van der Waals surface area contributed by atoms with E-state index in [1.165, 1.54) is 30.3 Å². The van der Waals surface area contributed by atoms with Gasteiger partial charge in [-0.3, -0.25) is 10.0 Å². The van der Waals surface area contributed by atoms with E-state index in [1.54, 1.807) is 24.3 Å². The number of nitrogens with one attached hydrogen (secondary N) is 1. The number of hydroxylamine groups is 1. The van der Waals surface area contributed by atoms with Crippen LogP contribution in [-0.4, -0.2) is 30.0 Å². The minimum Gasteiger partial charge on any atom is -0.322 e. The molecular weight excluding hydrogens is 376 g/mol. The van der Waals surface area contributed by atoms with Crippen LogP contribution in [0.4, 0.5) is 0 Å². The molecule has 0 bridgehead atoms. The Balaban J connectivity index is 2.26. The third-order valence-electron chi connectivity index (χ3n) is 4.71. The molecule has 2 N–H and O–H groups in total. The lowest BCUT2D eigenvalue weighted by Gasteiger charge is -2.25. The summed E-state index contributed by atoms with van der Waals surface area (Å²) in [6.45, 7) is 9.09.